The molecule has 0 atom stereocenters. The Morgan fingerprint density at radius 1 is 1.65 bits per heavy atom. The minimum atomic E-state index is -0.337. The summed E-state index contributed by atoms with van der Waals surface area (Å²) in [6, 6.07) is 2.70. The molecule has 6 nitrogen and oxygen atoms in total. The fraction of sp³-hybridized carbons (Fsp3) is 0.364. The van der Waals surface area contributed by atoms with E-state index in [0.29, 0.717) is 19.7 Å². The van der Waals surface area contributed by atoms with Gasteiger partial charge in [-0.15, -0.1) is 6.58 Å². The van der Waals surface area contributed by atoms with E-state index < -0.39 is 0 Å². The van der Waals surface area contributed by atoms with Crippen LogP contribution in [0.2, 0.25) is 0 Å². The second-order valence-corrected chi connectivity index (χ2v) is 3.27. The van der Waals surface area contributed by atoms with Gasteiger partial charge in [0.1, 0.15) is 5.69 Å². The van der Waals surface area contributed by atoms with Crippen LogP contribution >= 0.6 is 0 Å². The van der Waals surface area contributed by atoms with Gasteiger partial charge in [-0.2, -0.15) is 5.10 Å². The van der Waals surface area contributed by atoms with E-state index in [1.54, 1.807) is 6.08 Å². The molecule has 0 aromatic carbocycles. The number of aromatic nitrogens is 2. The molecular formula is C11H15N3O3. The van der Waals surface area contributed by atoms with Gasteiger partial charge in [0.25, 0.3) is 11.5 Å². The maximum atomic E-state index is 11.6. The molecule has 0 saturated carbocycles. The molecule has 0 aliphatic carbocycles. The van der Waals surface area contributed by atoms with Gasteiger partial charge in [0.05, 0.1) is 13.2 Å². The first-order chi connectivity index (χ1) is 8.19. The highest BCUT2D eigenvalue weighted by Crippen LogP contribution is 1.90. The Bertz CT molecular complexity index is 454. The lowest BCUT2D eigenvalue weighted by Crippen LogP contribution is -2.30. The topological polar surface area (TPSA) is 73.2 Å². The Kier molecular flexibility index (Phi) is 5.09. The molecule has 0 unspecified atom stereocenters. The molecule has 92 valence electrons. The maximum Gasteiger partial charge on any atom is 0.271 e. The zero-order valence-electron chi connectivity index (χ0n) is 9.68. The molecule has 0 bridgehead atoms. The van der Waals surface area contributed by atoms with Gasteiger partial charge in [-0.25, -0.2) is 4.68 Å². The summed E-state index contributed by atoms with van der Waals surface area (Å²) in [5, 5.41) is 6.53. The lowest BCUT2D eigenvalue weighted by Gasteiger charge is -2.06. The zero-order valence-corrected chi connectivity index (χ0v) is 9.68. The summed E-state index contributed by atoms with van der Waals surface area (Å²) in [5.41, 5.74) is -0.0649. The summed E-state index contributed by atoms with van der Waals surface area (Å²) < 4.78 is 6.05. The largest absolute Gasteiger partial charge is 0.383 e. The van der Waals surface area contributed by atoms with Gasteiger partial charge >= 0.3 is 0 Å². The van der Waals surface area contributed by atoms with E-state index in [1.807, 2.05) is 0 Å². The van der Waals surface area contributed by atoms with Gasteiger partial charge in [0, 0.05) is 19.7 Å². The van der Waals surface area contributed by atoms with Crippen LogP contribution in [0.3, 0.4) is 0 Å². The van der Waals surface area contributed by atoms with Gasteiger partial charge in [-0.3, -0.25) is 9.59 Å². The highest BCUT2D eigenvalue weighted by molar-refractivity contribution is 5.92. The summed E-state index contributed by atoms with van der Waals surface area (Å²) in [4.78, 5) is 23.0. The van der Waals surface area contributed by atoms with Crippen LogP contribution in [-0.4, -0.2) is 35.9 Å². The predicted octanol–water partition coefficient (Wildman–Crippen LogP) is -0.194. The fourth-order valence-corrected chi connectivity index (χ4v) is 1.16. The van der Waals surface area contributed by atoms with Crippen LogP contribution < -0.4 is 10.9 Å². The number of rotatable bonds is 6. The minimum Gasteiger partial charge on any atom is -0.383 e. The molecule has 0 aliphatic heterocycles. The monoisotopic (exact) mass is 237 g/mol. The first-order valence-electron chi connectivity index (χ1n) is 5.15. The lowest BCUT2D eigenvalue weighted by molar-refractivity contribution is 0.0949. The van der Waals surface area contributed by atoms with Crippen molar-refractivity contribution in [3.8, 4) is 0 Å². The number of hydrogen-bond acceptors (Lipinski definition) is 4. The summed E-state index contributed by atoms with van der Waals surface area (Å²) in [6.45, 7) is 4.53. The first-order valence-corrected chi connectivity index (χ1v) is 5.15. The van der Waals surface area contributed by atoms with Gasteiger partial charge in [-0.05, 0) is 6.07 Å². The Morgan fingerprint density at radius 3 is 3.06 bits per heavy atom. The minimum absolute atomic E-state index is 0.197. The predicted molar refractivity (Wildman–Crippen MR) is 62.9 cm³/mol. The fourth-order valence-electron chi connectivity index (χ4n) is 1.16. The van der Waals surface area contributed by atoms with Crippen molar-refractivity contribution in [1.29, 1.82) is 0 Å². The molecule has 1 amide bonds. The van der Waals surface area contributed by atoms with E-state index in [-0.39, 0.29) is 17.2 Å². The van der Waals surface area contributed by atoms with Gasteiger partial charge in [0.2, 0.25) is 0 Å². The molecule has 17 heavy (non-hydrogen) atoms. The van der Waals surface area contributed by atoms with Crippen LogP contribution in [0.5, 0.6) is 0 Å². The molecule has 1 rings (SSSR count). The Morgan fingerprint density at radius 2 is 2.41 bits per heavy atom. The smallest absolute Gasteiger partial charge is 0.271 e. The molecule has 0 radical (unpaired) electrons. The number of nitrogens with one attached hydrogen (secondary N) is 1. The Balaban J connectivity index is 2.83. The van der Waals surface area contributed by atoms with Crippen molar-refractivity contribution < 1.29 is 9.53 Å². The van der Waals surface area contributed by atoms with Gasteiger partial charge < -0.3 is 10.1 Å². The second kappa shape index (κ2) is 6.59. The SMILES string of the molecule is C=CCNC(=O)c1ccc(=O)n(CCOC)n1. The molecule has 6 heteroatoms. The second-order valence-electron chi connectivity index (χ2n) is 3.27. The average Bonchev–Trinajstić information content (AvgIpc) is 2.35. The Hall–Kier alpha value is -1.95. The van der Waals surface area contributed by atoms with Crippen molar-refractivity contribution in [3.05, 3.63) is 40.8 Å². The summed E-state index contributed by atoms with van der Waals surface area (Å²) in [5.74, 6) is -0.337. The summed E-state index contributed by atoms with van der Waals surface area (Å²) in [7, 11) is 1.53. The first kappa shape index (κ1) is 13.1. The molecule has 0 saturated heterocycles. The quantitative estimate of drug-likeness (QED) is 0.696. The van der Waals surface area contributed by atoms with E-state index in [2.05, 4.69) is 17.0 Å². The molecular weight excluding hydrogens is 222 g/mol. The van der Waals surface area contributed by atoms with Crippen molar-refractivity contribution in [2.75, 3.05) is 20.3 Å². The van der Waals surface area contributed by atoms with Gasteiger partial charge in [-0.1, -0.05) is 6.08 Å². The number of ether oxygens (including phenoxy) is 1. The van der Waals surface area contributed by atoms with Crippen LogP contribution in [0.25, 0.3) is 0 Å². The van der Waals surface area contributed by atoms with Crippen molar-refractivity contribution in [2.24, 2.45) is 0 Å². The van der Waals surface area contributed by atoms with Gasteiger partial charge in [0.15, 0.2) is 0 Å². The number of hydrogen-bond donors (Lipinski definition) is 1. The highest BCUT2D eigenvalue weighted by atomic mass is 16.5. The van der Waals surface area contributed by atoms with E-state index in [0.717, 1.165) is 0 Å². The number of carbonyl (C=O) groups excluding carboxylic acids is 1. The third-order valence-electron chi connectivity index (χ3n) is 2.01. The van der Waals surface area contributed by atoms with Crippen LogP contribution in [0, 0.1) is 0 Å². The average molecular weight is 237 g/mol. The maximum absolute atomic E-state index is 11.6. The van der Waals surface area contributed by atoms with Crippen molar-refractivity contribution >= 4 is 5.91 Å². The van der Waals surface area contributed by atoms with Crippen molar-refractivity contribution in [3.63, 3.8) is 0 Å². The van der Waals surface area contributed by atoms with Crippen LogP contribution in [0.15, 0.2) is 29.6 Å². The summed E-state index contributed by atoms with van der Waals surface area (Å²) >= 11 is 0. The number of carbonyl (C=O) groups is 1. The molecule has 0 aliphatic rings. The molecule has 0 fully saturated rings. The highest BCUT2D eigenvalue weighted by Gasteiger charge is 2.08. The van der Waals surface area contributed by atoms with Crippen LogP contribution in [-0.2, 0) is 11.3 Å². The van der Waals surface area contributed by atoms with Crippen LogP contribution in [0.4, 0.5) is 0 Å². The molecule has 1 heterocycles. The van der Waals surface area contributed by atoms with Crippen molar-refractivity contribution in [1.82, 2.24) is 15.1 Å². The number of nitrogens with zero attached hydrogens (tertiary/aromatic N) is 2. The summed E-state index contributed by atoms with van der Waals surface area (Å²) in [6.07, 6.45) is 1.57. The lowest BCUT2D eigenvalue weighted by atomic mass is 10.3. The molecule has 0 spiro atoms. The van der Waals surface area contributed by atoms with E-state index in [4.69, 9.17) is 4.74 Å². The number of methoxy groups -OCH3 is 1. The number of amides is 1. The van der Waals surface area contributed by atoms with E-state index >= 15 is 0 Å². The standard InChI is InChI=1S/C11H15N3O3/c1-3-6-12-11(16)9-4-5-10(15)14(13-9)7-8-17-2/h3-5H,1,6-8H2,2H3,(H,12,16). The van der Waals surface area contributed by atoms with E-state index in [1.165, 1.54) is 23.9 Å². The van der Waals surface area contributed by atoms with E-state index in [9.17, 15) is 9.59 Å². The molecule has 1 aromatic heterocycles. The normalized spacial score (nSPS) is 9.94. The van der Waals surface area contributed by atoms with Crippen LogP contribution in [0.1, 0.15) is 10.5 Å². The van der Waals surface area contributed by atoms with Crippen molar-refractivity contribution in [2.45, 2.75) is 6.54 Å². The molecule has 1 aromatic rings. The third kappa shape index (κ3) is 3.84. The Labute approximate surface area is 98.9 Å². The third-order valence-corrected chi connectivity index (χ3v) is 2.01. The molecule has 1 N–H and O–H groups in total. The zero-order chi connectivity index (χ0) is 12.7.